The number of aryl methyl sites for hydroxylation is 1. The maximum Gasteiger partial charge on any atom is 0.408 e. The molecule has 12 heteroatoms. The van der Waals surface area contributed by atoms with Crippen LogP contribution in [0, 0.1) is 6.92 Å². The van der Waals surface area contributed by atoms with Crippen LogP contribution in [-0.2, 0) is 28.7 Å². The van der Waals surface area contributed by atoms with E-state index in [2.05, 4.69) is 15.4 Å². The lowest BCUT2D eigenvalue weighted by atomic mass is 9.98. The van der Waals surface area contributed by atoms with Crippen molar-refractivity contribution in [3.8, 4) is 5.75 Å². The van der Waals surface area contributed by atoms with Gasteiger partial charge in [-0.05, 0) is 46.1 Å². The molecular weight excluding hydrogens is 508 g/mol. The van der Waals surface area contributed by atoms with Crippen LogP contribution in [0.2, 0.25) is 0 Å². The average Bonchev–Trinajstić information content (AvgIpc) is 2.85. The van der Waals surface area contributed by atoms with E-state index in [-0.39, 0.29) is 30.7 Å². The molecule has 0 heterocycles. The second kappa shape index (κ2) is 15.6. The topological polar surface area (TPSA) is 177 Å². The van der Waals surface area contributed by atoms with E-state index in [0.717, 1.165) is 12.8 Å². The van der Waals surface area contributed by atoms with E-state index in [1.807, 2.05) is 6.92 Å². The summed E-state index contributed by atoms with van der Waals surface area (Å²) in [5.41, 5.74) is 5.06. The first kappa shape index (κ1) is 33.2. The first-order valence-electron chi connectivity index (χ1n) is 12.9. The molecule has 4 amide bonds. The van der Waals surface area contributed by atoms with Gasteiger partial charge in [0.25, 0.3) is 0 Å². The van der Waals surface area contributed by atoms with Crippen molar-refractivity contribution in [2.75, 3.05) is 20.2 Å². The van der Waals surface area contributed by atoms with Crippen LogP contribution in [0.4, 0.5) is 4.79 Å². The Balaban J connectivity index is 3.58. The molecule has 1 rings (SSSR count). The number of carbonyl (C=O) groups is 5. The molecule has 2 unspecified atom stereocenters. The first-order chi connectivity index (χ1) is 18.2. The van der Waals surface area contributed by atoms with Crippen LogP contribution < -0.4 is 16.4 Å². The summed E-state index contributed by atoms with van der Waals surface area (Å²) < 4.78 is 9.90. The Kier molecular flexibility index (Phi) is 13.2. The van der Waals surface area contributed by atoms with Crippen LogP contribution in [0.3, 0.4) is 0 Å². The van der Waals surface area contributed by atoms with Crippen LogP contribution in [0.1, 0.15) is 77.0 Å². The first-order valence-corrected chi connectivity index (χ1v) is 12.9. The van der Waals surface area contributed by atoms with E-state index in [0.29, 0.717) is 12.0 Å². The lowest BCUT2D eigenvalue weighted by Crippen LogP contribution is -2.53. The Morgan fingerprint density at radius 1 is 1.13 bits per heavy atom. The highest BCUT2D eigenvalue weighted by Gasteiger charge is 2.37. The number of carbonyl (C=O) groups excluding carboxylic acids is 5. The summed E-state index contributed by atoms with van der Waals surface area (Å²) in [7, 11) is 1.17. The molecule has 12 nitrogen and oxygen atoms in total. The van der Waals surface area contributed by atoms with Gasteiger partial charge in [-0.25, -0.2) is 4.79 Å². The summed E-state index contributed by atoms with van der Waals surface area (Å²) >= 11 is 0. The van der Waals surface area contributed by atoms with Crippen LogP contribution >= 0.6 is 0 Å². The van der Waals surface area contributed by atoms with Gasteiger partial charge in [0.05, 0.1) is 7.11 Å². The molecule has 0 fully saturated rings. The third kappa shape index (κ3) is 11.2. The minimum absolute atomic E-state index is 0.0828. The number of rotatable bonds is 14. The number of nitrogens with one attached hydrogen (secondary N) is 2. The van der Waals surface area contributed by atoms with Crippen LogP contribution in [0.15, 0.2) is 18.2 Å². The van der Waals surface area contributed by atoms with Gasteiger partial charge in [0, 0.05) is 18.5 Å². The number of phenolic OH excluding ortho intramolecular Hbond substituents is 1. The fraction of sp³-hybridized carbons (Fsp3) is 0.593. The van der Waals surface area contributed by atoms with Crippen LogP contribution in [0.5, 0.6) is 5.75 Å². The van der Waals surface area contributed by atoms with Gasteiger partial charge in [0.1, 0.15) is 30.0 Å². The van der Waals surface area contributed by atoms with Crippen molar-refractivity contribution < 1.29 is 38.6 Å². The number of unbranched alkanes of at least 4 members (excludes halogenated alkanes) is 2. The molecule has 0 spiro atoms. The molecule has 0 aliphatic rings. The maximum atomic E-state index is 14.0. The molecule has 39 heavy (non-hydrogen) atoms. The molecule has 0 saturated heterocycles. The molecular formula is C27H42N4O8. The summed E-state index contributed by atoms with van der Waals surface area (Å²) in [5, 5.41) is 15.8. The van der Waals surface area contributed by atoms with Gasteiger partial charge in [-0.3, -0.25) is 19.2 Å². The second-order valence-electron chi connectivity index (χ2n) is 10.2. The number of hydrogen-bond acceptors (Lipinski definition) is 8. The molecule has 0 aliphatic carbocycles. The summed E-state index contributed by atoms with van der Waals surface area (Å²) in [6.45, 7) is 8.21. The molecule has 1 aromatic rings. The normalized spacial score (nSPS) is 12.6. The maximum absolute atomic E-state index is 14.0. The summed E-state index contributed by atoms with van der Waals surface area (Å²) in [6, 6.07) is 2.14. The van der Waals surface area contributed by atoms with E-state index < -0.39 is 54.0 Å². The van der Waals surface area contributed by atoms with Crippen molar-refractivity contribution in [3.05, 3.63) is 29.3 Å². The van der Waals surface area contributed by atoms with Gasteiger partial charge in [0.2, 0.25) is 17.7 Å². The fourth-order valence-electron chi connectivity index (χ4n) is 3.77. The number of benzene rings is 1. The third-order valence-corrected chi connectivity index (χ3v) is 5.71. The molecule has 0 aliphatic heterocycles. The van der Waals surface area contributed by atoms with Crippen molar-refractivity contribution in [3.63, 3.8) is 0 Å². The monoisotopic (exact) mass is 550 g/mol. The Morgan fingerprint density at radius 2 is 1.79 bits per heavy atom. The second-order valence-corrected chi connectivity index (χ2v) is 10.2. The lowest BCUT2D eigenvalue weighted by molar-refractivity contribution is -0.145. The number of nitrogens with two attached hydrogens (primary N) is 1. The number of para-hydroxylation sites is 1. The van der Waals surface area contributed by atoms with Crippen molar-refractivity contribution in [2.45, 2.75) is 84.4 Å². The zero-order chi connectivity index (χ0) is 29.8. The third-order valence-electron chi connectivity index (χ3n) is 5.71. The average molecular weight is 551 g/mol. The highest BCUT2D eigenvalue weighted by atomic mass is 16.6. The Hall–Kier alpha value is -3.83. The summed E-state index contributed by atoms with van der Waals surface area (Å²) in [5.74, 6) is -3.00. The van der Waals surface area contributed by atoms with E-state index in [9.17, 15) is 29.1 Å². The predicted octanol–water partition coefficient (Wildman–Crippen LogP) is 2.21. The standard InChI is InChI=1S/C27H42N4O8/c1-7-8-9-15-31(25(36)19(13-14-20(28)32)30-26(37)39-27(3,4)5)22(24(35)29-16-21(33)38-6)18-12-10-11-17(2)23(18)34/h10-12,19,22,34H,7-9,13-16H2,1-6H3,(H2,28,32)(H,29,35)(H,30,37). The van der Waals surface area contributed by atoms with Gasteiger partial charge in [-0.1, -0.05) is 38.0 Å². The number of primary amides is 1. The SMILES string of the molecule is CCCCCN(C(=O)C(CCC(N)=O)NC(=O)OC(C)(C)C)C(C(=O)NCC(=O)OC)c1cccc(C)c1O. The molecule has 0 radical (unpaired) electrons. The summed E-state index contributed by atoms with van der Waals surface area (Å²) in [6.07, 6.45) is 0.801. The van der Waals surface area contributed by atoms with Crippen molar-refractivity contribution >= 4 is 29.8 Å². The number of esters is 1. The fourth-order valence-corrected chi connectivity index (χ4v) is 3.77. The van der Waals surface area contributed by atoms with Crippen LogP contribution in [-0.4, -0.2) is 71.6 Å². The number of nitrogens with zero attached hydrogens (tertiary/aromatic N) is 1. The summed E-state index contributed by atoms with van der Waals surface area (Å²) in [4.78, 5) is 64.6. The molecule has 218 valence electrons. The zero-order valence-electron chi connectivity index (χ0n) is 23.7. The highest BCUT2D eigenvalue weighted by molar-refractivity contribution is 5.94. The predicted molar refractivity (Wildman–Crippen MR) is 143 cm³/mol. The van der Waals surface area contributed by atoms with Gasteiger partial charge >= 0.3 is 12.1 Å². The molecule has 1 aromatic carbocycles. The minimum Gasteiger partial charge on any atom is -0.507 e. The van der Waals surface area contributed by atoms with Gasteiger partial charge in [-0.2, -0.15) is 0 Å². The lowest BCUT2D eigenvalue weighted by Gasteiger charge is -2.35. The highest BCUT2D eigenvalue weighted by Crippen LogP contribution is 2.32. The largest absolute Gasteiger partial charge is 0.507 e. The Morgan fingerprint density at radius 3 is 2.36 bits per heavy atom. The minimum atomic E-state index is -1.37. The van der Waals surface area contributed by atoms with Gasteiger partial charge < -0.3 is 35.8 Å². The number of amides is 4. The molecule has 0 aromatic heterocycles. The van der Waals surface area contributed by atoms with Crippen molar-refractivity contribution in [1.82, 2.24) is 15.5 Å². The number of alkyl carbamates (subject to hydrolysis) is 1. The quantitative estimate of drug-likeness (QED) is 0.201. The molecule has 0 bridgehead atoms. The van der Waals surface area contributed by atoms with E-state index in [1.165, 1.54) is 18.1 Å². The number of aromatic hydroxyl groups is 1. The number of ether oxygens (including phenoxy) is 2. The molecule has 2 atom stereocenters. The Bertz CT molecular complexity index is 1020. The number of hydrogen-bond donors (Lipinski definition) is 4. The van der Waals surface area contributed by atoms with Crippen LogP contribution in [0.25, 0.3) is 0 Å². The van der Waals surface area contributed by atoms with E-state index in [4.69, 9.17) is 10.5 Å². The number of methoxy groups -OCH3 is 1. The molecule has 5 N–H and O–H groups in total. The van der Waals surface area contributed by atoms with Crippen molar-refractivity contribution in [2.24, 2.45) is 5.73 Å². The zero-order valence-corrected chi connectivity index (χ0v) is 23.7. The van der Waals surface area contributed by atoms with Crippen molar-refractivity contribution in [1.29, 1.82) is 0 Å². The Labute approximate surface area is 229 Å². The van der Waals surface area contributed by atoms with E-state index >= 15 is 0 Å². The smallest absolute Gasteiger partial charge is 0.408 e. The van der Waals surface area contributed by atoms with Gasteiger partial charge in [0.15, 0.2) is 0 Å². The number of phenols is 1. The molecule has 0 saturated carbocycles. The van der Waals surface area contributed by atoms with E-state index in [1.54, 1.807) is 39.8 Å². The van der Waals surface area contributed by atoms with Gasteiger partial charge in [-0.15, -0.1) is 0 Å².